The first-order valence-electron chi connectivity index (χ1n) is 7.20. The van der Waals surface area contributed by atoms with E-state index in [1.54, 1.807) is 6.07 Å². The lowest BCUT2D eigenvalue weighted by molar-refractivity contribution is 0.657. The Morgan fingerprint density at radius 2 is 2.14 bits per heavy atom. The molecular weight excluding hydrogens is 298 g/mol. The lowest BCUT2D eigenvalue weighted by Gasteiger charge is -2.11. The fourth-order valence-electron chi connectivity index (χ4n) is 2.61. The fourth-order valence-corrected chi connectivity index (χ4v) is 3.27. The van der Waals surface area contributed by atoms with Gasteiger partial charge in [0.2, 0.25) is 0 Å². The Morgan fingerprint density at radius 3 is 2.82 bits per heavy atom. The molecule has 0 unspecified atom stereocenters. The van der Waals surface area contributed by atoms with Crippen molar-refractivity contribution < 1.29 is 4.39 Å². The van der Waals surface area contributed by atoms with Gasteiger partial charge in [0.15, 0.2) is 12.4 Å². The zero-order valence-electron chi connectivity index (χ0n) is 12.6. The third-order valence-electron chi connectivity index (χ3n) is 3.69. The van der Waals surface area contributed by atoms with Crippen molar-refractivity contribution in [1.29, 1.82) is 0 Å². The number of anilines is 1. The molecule has 1 aliphatic rings. The van der Waals surface area contributed by atoms with Gasteiger partial charge in [-0.15, -0.1) is 11.3 Å². The molecule has 0 fully saturated rings. The van der Waals surface area contributed by atoms with Crippen molar-refractivity contribution in [1.82, 2.24) is 9.97 Å². The molecule has 0 bridgehead atoms. The predicted octanol–water partition coefficient (Wildman–Crippen LogP) is 2.02. The van der Waals surface area contributed by atoms with Gasteiger partial charge in [-0.1, -0.05) is 5.47 Å². The summed E-state index contributed by atoms with van der Waals surface area (Å²) in [5.41, 5.74) is 10.0. The normalized spacial score (nSPS) is 13.3. The van der Waals surface area contributed by atoms with Crippen LogP contribution in [0.4, 0.5) is 10.2 Å². The summed E-state index contributed by atoms with van der Waals surface area (Å²) in [6, 6.07) is 3.27. The Balaban J connectivity index is 1.85. The Kier molecular flexibility index (Phi) is 4.26. The van der Waals surface area contributed by atoms with Gasteiger partial charge in [-0.2, -0.15) is 4.39 Å². The number of thiophene rings is 1. The molecule has 7 heteroatoms. The summed E-state index contributed by atoms with van der Waals surface area (Å²) in [5, 5.41) is 3.13. The van der Waals surface area contributed by atoms with Gasteiger partial charge in [-0.3, -0.25) is 0 Å². The molecule has 0 saturated carbocycles. The molecule has 1 radical (unpaired) electrons. The minimum absolute atomic E-state index is 0.171. The molecule has 0 amide bonds. The Hall–Kier alpha value is -1.73. The van der Waals surface area contributed by atoms with Gasteiger partial charge in [0.1, 0.15) is 11.6 Å². The molecular formula is C15H17BFN4S. The van der Waals surface area contributed by atoms with E-state index in [1.165, 1.54) is 11.5 Å². The van der Waals surface area contributed by atoms with E-state index in [0.29, 0.717) is 13.1 Å². The van der Waals surface area contributed by atoms with Crippen LogP contribution < -0.4 is 16.5 Å². The highest BCUT2D eigenvalue weighted by Crippen LogP contribution is 2.25. The first-order chi connectivity index (χ1) is 10.6. The van der Waals surface area contributed by atoms with Crippen molar-refractivity contribution in [3.8, 4) is 0 Å². The molecule has 2 aromatic rings. The molecule has 0 saturated heterocycles. The molecule has 3 heterocycles. The molecule has 4 nitrogen and oxygen atoms in total. The van der Waals surface area contributed by atoms with Crippen molar-refractivity contribution in [3.05, 3.63) is 39.1 Å². The molecule has 1 aliphatic heterocycles. The number of fused-ring (bicyclic) bond motifs is 1. The second kappa shape index (κ2) is 6.18. The van der Waals surface area contributed by atoms with Crippen molar-refractivity contribution in [2.24, 2.45) is 5.73 Å². The zero-order chi connectivity index (χ0) is 15.7. The minimum atomic E-state index is -0.171. The number of rotatable bonds is 5. The van der Waals surface area contributed by atoms with Gasteiger partial charge in [-0.05, 0) is 50.0 Å². The fraction of sp³-hybridized carbons (Fsp3) is 0.333. The maximum absolute atomic E-state index is 13.1. The van der Waals surface area contributed by atoms with Crippen molar-refractivity contribution in [2.45, 2.75) is 26.8 Å². The van der Waals surface area contributed by atoms with E-state index in [9.17, 15) is 4.39 Å². The lowest BCUT2D eigenvalue weighted by atomic mass is 9.65. The number of allylic oxidation sites excluding steroid dienone is 1. The third-order valence-corrected chi connectivity index (χ3v) is 4.56. The summed E-state index contributed by atoms with van der Waals surface area (Å²) in [4.78, 5) is 9.98. The van der Waals surface area contributed by atoms with E-state index in [4.69, 9.17) is 5.73 Å². The van der Waals surface area contributed by atoms with Gasteiger partial charge < -0.3 is 11.1 Å². The average molecular weight is 315 g/mol. The quantitative estimate of drug-likeness (QED) is 0.829. The molecule has 3 rings (SSSR count). The Bertz CT molecular complexity index is 741. The van der Waals surface area contributed by atoms with Crippen LogP contribution in [0.3, 0.4) is 0 Å². The second-order valence-electron chi connectivity index (χ2n) is 5.27. The molecule has 0 spiro atoms. The number of aryl methyl sites for hydroxylation is 1. The number of hydrogen-bond donors (Lipinski definition) is 2. The first kappa shape index (κ1) is 15.2. The van der Waals surface area contributed by atoms with Gasteiger partial charge in [0.25, 0.3) is 0 Å². The summed E-state index contributed by atoms with van der Waals surface area (Å²) in [6.07, 6.45) is 0.830. The van der Waals surface area contributed by atoms with E-state index >= 15 is 0 Å². The van der Waals surface area contributed by atoms with E-state index in [2.05, 4.69) is 29.5 Å². The van der Waals surface area contributed by atoms with Crippen molar-refractivity contribution in [3.63, 3.8) is 0 Å². The summed E-state index contributed by atoms with van der Waals surface area (Å²) in [6.45, 7) is 5.11. The van der Waals surface area contributed by atoms with E-state index in [-0.39, 0.29) is 5.13 Å². The standard InChI is InChI=1S/C15H17BFN4S/c1-8-11(5-6-18)16-13-14(8)20-9(2)21-15(13)19-7-10-3-4-12(17)22-10/h3-4H,5-7,18H2,1-2H3,(H,19,20,21). The predicted molar refractivity (Wildman–Crippen MR) is 90.0 cm³/mol. The van der Waals surface area contributed by atoms with Crippen LogP contribution in [-0.4, -0.2) is 23.8 Å². The lowest BCUT2D eigenvalue weighted by Crippen LogP contribution is -2.23. The van der Waals surface area contributed by atoms with Gasteiger partial charge in [-0.25, -0.2) is 9.97 Å². The highest BCUT2D eigenvalue weighted by atomic mass is 32.1. The van der Waals surface area contributed by atoms with Crippen molar-refractivity contribution >= 4 is 35.5 Å². The maximum atomic E-state index is 13.1. The van der Waals surface area contributed by atoms with Crippen LogP contribution in [-0.2, 0) is 6.54 Å². The van der Waals surface area contributed by atoms with E-state index in [0.717, 1.165) is 51.0 Å². The summed E-state index contributed by atoms with van der Waals surface area (Å²) in [5.74, 6) is 1.52. The van der Waals surface area contributed by atoms with Gasteiger partial charge in [0, 0.05) is 4.88 Å². The molecule has 0 aromatic carbocycles. The van der Waals surface area contributed by atoms with Crippen LogP contribution in [0.15, 0.2) is 17.6 Å². The van der Waals surface area contributed by atoms with Crippen LogP contribution in [0.5, 0.6) is 0 Å². The summed E-state index contributed by atoms with van der Waals surface area (Å²) in [7, 11) is 2.11. The van der Waals surface area contributed by atoms with E-state index < -0.39 is 0 Å². The minimum Gasteiger partial charge on any atom is -0.366 e. The number of halogens is 1. The number of aromatic nitrogens is 2. The van der Waals surface area contributed by atoms with Crippen LogP contribution in [0, 0.1) is 12.1 Å². The Morgan fingerprint density at radius 1 is 1.32 bits per heavy atom. The summed E-state index contributed by atoms with van der Waals surface area (Å²) >= 11 is 1.14. The average Bonchev–Trinajstić information content (AvgIpc) is 3.03. The van der Waals surface area contributed by atoms with Crippen LogP contribution in [0.25, 0.3) is 5.57 Å². The second-order valence-corrected chi connectivity index (χ2v) is 6.39. The molecule has 0 aliphatic carbocycles. The smallest absolute Gasteiger partial charge is 0.194 e. The molecule has 0 atom stereocenters. The van der Waals surface area contributed by atoms with Gasteiger partial charge >= 0.3 is 0 Å². The van der Waals surface area contributed by atoms with Crippen LogP contribution in [0.1, 0.15) is 29.7 Å². The summed E-state index contributed by atoms with van der Waals surface area (Å²) < 4.78 is 13.1. The third kappa shape index (κ3) is 2.91. The molecule has 22 heavy (non-hydrogen) atoms. The largest absolute Gasteiger partial charge is 0.366 e. The number of nitrogens with two attached hydrogens (primary N) is 1. The first-order valence-corrected chi connectivity index (χ1v) is 8.02. The highest BCUT2D eigenvalue weighted by Gasteiger charge is 2.24. The van der Waals surface area contributed by atoms with Crippen molar-refractivity contribution in [2.75, 3.05) is 11.9 Å². The maximum Gasteiger partial charge on any atom is 0.194 e. The molecule has 3 N–H and O–H groups in total. The number of nitrogens with one attached hydrogen (secondary N) is 1. The van der Waals surface area contributed by atoms with Crippen LogP contribution in [0.2, 0.25) is 0 Å². The monoisotopic (exact) mass is 315 g/mol. The topological polar surface area (TPSA) is 63.8 Å². The van der Waals surface area contributed by atoms with Gasteiger partial charge in [0.05, 0.1) is 12.2 Å². The highest BCUT2D eigenvalue weighted by molar-refractivity contribution is 7.10. The Labute approximate surface area is 133 Å². The molecule has 2 aromatic heterocycles. The van der Waals surface area contributed by atoms with E-state index in [1.807, 2.05) is 6.92 Å². The SMILES string of the molecule is CC1=C(CCN)[B]c2c(NCc3ccc(F)s3)nc(C)nc21. The number of nitrogens with zero attached hydrogens (tertiary/aromatic N) is 2. The van der Waals surface area contributed by atoms with Crippen LogP contribution >= 0.6 is 11.3 Å². The zero-order valence-corrected chi connectivity index (χ0v) is 13.4. The number of hydrogen-bond acceptors (Lipinski definition) is 5. The molecule has 113 valence electrons.